The first-order valence-electron chi connectivity index (χ1n) is 5.77. The zero-order valence-electron chi connectivity index (χ0n) is 9.44. The first-order valence-corrected chi connectivity index (χ1v) is 6.76. The van der Waals surface area contributed by atoms with Gasteiger partial charge < -0.3 is 10.1 Å². The summed E-state index contributed by atoms with van der Waals surface area (Å²) in [7, 11) is 0. The molecule has 3 nitrogen and oxygen atoms in total. The van der Waals surface area contributed by atoms with Gasteiger partial charge in [-0.1, -0.05) is 6.07 Å². The summed E-state index contributed by atoms with van der Waals surface area (Å²) in [4.78, 5) is 8.63. The summed E-state index contributed by atoms with van der Waals surface area (Å²) in [6, 6.07) is 6.54. The molecule has 0 saturated heterocycles. The molecular weight excluding hydrogens is 232 g/mol. The van der Waals surface area contributed by atoms with Gasteiger partial charge in [-0.2, -0.15) is 0 Å². The van der Waals surface area contributed by atoms with E-state index in [1.807, 2.05) is 11.8 Å². The number of nitrogens with one attached hydrogen (secondary N) is 1. The van der Waals surface area contributed by atoms with Crippen LogP contribution in [0, 0.1) is 0 Å². The number of rotatable bonds is 2. The summed E-state index contributed by atoms with van der Waals surface area (Å²) in [5.74, 6) is 1.84. The minimum atomic E-state index is -0.0409. The van der Waals surface area contributed by atoms with Gasteiger partial charge in [0.15, 0.2) is 0 Å². The van der Waals surface area contributed by atoms with Gasteiger partial charge in [0.2, 0.25) is 0 Å². The van der Waals surface area contributed by atoms with E-state index in [-0.39, 0.29) is 6.61 Å². The Kier molecular flexibility index (Phi) is 2.91. The molecule has 2 aromatic rings. The number of hydrogen-bond donors (Lipinski definition) is 2. The molecule has 0 unspecified atom stereocenters. The number of nitrogens with zero attached hydrogens (tertiary/aromatic N) is 1. The zero-order chi connectivity index (χ0) is 11.7. The lowest BCUT2D eigenvalue weighted by Crippen LogP contribution is -1.98. The summed E-state index contributed by atoms with van der Waals surface area (Å²) in [6.45, 7) is -0.0409. The molecule has 2 heterocycles. The molecule has 1 aliphatic rings. The van der Waals surface area contributed by atoms with E-state index in [9.17, 15) is 0 Å². The van der Waals surface area contributed by atoms with Crippen LogP contribution in [0.25, 0.3) is 11.3 Å². The molecule has 88 valence electrons. The number of imidazole rings is 1. The standard InChI is InChI=1S/C13H14N2OS/c16-8-13-14-7-11(15-13)9-3-4-12-10(6-9)2-1-5-17-12/h3-4,6-7,16H,1-2,5,8H2,(H,14,15). The van der Waals surface area contributed by atoms with Gasteiger partial charge in [-0.25, -0.2) is 4.98 Å². The molecule has 1 aliphatic heterocycles. The molecule has 2 N–H and O–H groups in total. The van der Waals surface area contributed by atoms with E-state index in [0.29, 0.717) is 5.82 Å². The van der Waals surface area contributed by atoms with E-state index >= 15 is 0 Å². The third-order valence-electron chi connectivity index (χ3n) is 3.00. The number of aromatic amines is 1. The molecule has 1 aromatic carbocycles. The van der Waals surface area contributed by atoms with Crippen LogP contribution in [0.3, 0.4) is 0 Å². The van der Waals surface area contributed by atoms with E-state index in [1.54, 1.807) is 6.20 Å². The van der Waals surface area contributed by atoms with Crippen LogP contribution >= 0.6 is 11.8 Å². The second-order valence-corrected chi connectivity index (χ2v) is 5.31. The monoisotopic (exact) mass is 246 g/mol. The molecule has 0 bridgehead atoms. The SMILES string of the molecule is OCc1ncc(-c2ccc3c(c2)CCCS3)[nH]1. The van der Waals surface area contributed by atoms with E-state index in [0.717, 1.165) is 17.7 Å². The number of aliphatic hydroxyl groups excluding tert-OH is 1. The van der Waals surface area contributed by atoms with Gasteiger partial charge in [0, 0.05) is 4.90 Å². The third kappa shape index (κ3) is 2.10. The molecule has 4 heteroatoms. The lowest BCUT2D eigenvalue weighted by molar-refractivity contribution is 0.272. The topological polar surface area (TPSA) is 48.9 Å². The molecule has 0 atom stereocenters. The molecule has 0 aliphatic carbocycles. The Bertz CT molecular complexity index is 536. The zero-order valence-corrected chi connectivity index (χ0v) is 10.3. The van der Waals surface area contributed by atoms with Crippen LogP contribution in [-0.4, -0.2) is 20.8 Å². The quantitative estimate of drug-likeness (QED) is 0.856. The van der Waals surface area contributed by atoms with Crippen molar-refractivity contribution in [3.63, 3.8) is 0 Å². The van der Waals surface area contributed by atoms with E-state index in [1.165, 1.54) is 22.6 Å². The summed E-state index contributed by atoms with van der Waals surface area (Å²) in [5.41, 5.74) is 3.56. The smallest absolute Gasteiger partial charge is 0.132 e. The van der Waals surface area contributed by atoms with Crippen LogP contribution in [0.5, 0.6) is 0 Å². The number of aliphatic hydroxyl groups is 1. The Morgan fingerprint density at radius 1 is 1.41 bits per heavy atom. The van der Waals surface area contributed by atoms with Crippen molar-refractivity contribution in [3.8, 4) is 11.3 Å². The van der Waals surface area contributed by atoms with Gasteiger partial charge in [-0.05, 0) is 41.9 Å². The number of hydrogen-bond acceptors (Lipinski definition) is 3. The minimum absolute atomic E-state index is 0.0409. The van der Waals surface area contributed by atoms with Crippen molar-refractivity contribution in [2.75, 3.05) is 5.75 Å². The van der Waals surface area contributed by atoms with Gasteiger partial charge in [0.25, 0.3) is 0 Å². The Balaban J connectivity index is 1.97. The Labute approximate surface area is 104 Å². The van der Waals surface area contributed by atoms with Crippen LogP contribution in [0.15, 0.2) is 29.3 Å². The number of H-pyrrole nitrogens is 1. The van der Waals surface area contributed by atoms with Gasteiger partial charge >= 0.3 is 0 Å². The minimum Gasteiger partial charge on any atom is -0.388 e. The fourth-order valence-electron chi connectivity index (χ4n) is 2.12. The summed E-state index contributed by atoms with van der Waals surface area (Å²) in [5, 5.41) is 8.99. The van der Waals surface area contributed by atoms with Crippen molar-refractivity contribution >= 4 is 11.8 Å². The highest BCUT2D eigenvalue weighted by Crippen LogP contribution is 2.32. The Morgan fingerprint density at radius 2 is 2.35 bits per heavy atom. The van der Waals surface area contributed by atoms with Crippen molar-refractivity contribution < 1.29 is 5.11 Å². The second kappa shape index (κ2) is 4.55. The maximum absolute atomic E-state index is 8.99. The molecule has 0 spiro atoms. The highest BCUT2D eigenvalue weighted by molar-refractivity contribution is 7.99. The van der Waals surface area contributed by atoms with E-state index in [4.69, 9.17) is 5.11 Å². The second-order valence-electron chi connectivity index (χ2n) is 4.18. The van der Waals surface area contributed by atoms with Gasteiger partial charge in [-0.3, -0.25) is 0 Å². The van der Waals surface area contributed by atoms with Crippen molar-refractivity contribution in [1.82, 2.24) is 9.97 Å². The number of aromatic nitrogens is 2. The third-order valence-corrected chi connectivity index (χ3v) is 4.20. The van der Waals surface area contributed by atoms with Crippen molar-refractivity contribution in [3.05, 3.63) is 35.8 Å². The van der Waals surface area contributed by atoms with E-state index in [2.05, 4.69) is 28.2 Å². The number of aryl methyl sites for hydroxylation is 1. The number of benzene rings is 1. The van der Waals surface area contributed by atoms with E-state index < -0.39 is 0 Å². The first-order chi connectivity index (χ1) is 8.36. The molecule has 17 heavy (non-hydrogen) atoms. The Hall–Kier alpha value is -1.26. The maximum Gasteiger partial charge on any atom is 0.132 e. The van der Waals surface area contributed by atoms with Crippen molar-refractivity contribution in [1.29, 1.82) is 0 Å². The summed E-state index contributed by atoms with van der Waals surface area (Å²) < 4.78 is 0. The molecular formula is C13H14N2OS. The van der Waals surface area contributed by atoms with Gasteiger partial charge in [0.05, 0.1) is 11.9 Å². The highest BCUT2D eigenvalue weighted by atomic mass is 32.2. The number of fused-ring (bicyclic) bond motifs is 1. The van der Waals surface area contributed by atoms with Gasteiger partial charge in [-0.15, -0.1) is 11.8 Å². The summed E-state index contributed by atoms with van der Waals surface area (Å²) in [6.07, 6.45) is 4.20. The van der Waals surface area contributed by atoms with Crippen molar-refractivity contribution in [2.24, 2.45) is 0 Å². The predicted molar refractivity (Wildman–Crippen MR) is 69.0 cm³/mol. The largest absolute Gasteiger partial charge is 0.388 e. The summed E-state index contributed by atoms with van der Waals surface area (Å²) >= 11 is 1.94. The lowest BCUT2D eigenvalue weighted by Gasteiger charge is -2.15. The molecule has 0 radical (unpaired) electrons. The van der Waals surface area contributed by atoms with Crippen molar-refractivity contribution in [2.45, 2.75) is 24.3 Å². The average Bonchev–Trinajstić information content (AvgIpc) is 2.87. The van der Waals surface area contributed by atoms with Crippen LogP contribution in [-0.2, 0) is 13.0 Å². The van der Waals surface area contributed by atoms with Crippen LogP contribution in [0.1, 0.15) is 17.8 Å². The molecule has 0 amide bonds. The maximum atomic E-state index is 8.99. The molecule has 3 rings (SSSR count). The fourth-order valence-corrected chi connectivity index (χ4v) is 3.14. The Morgan fingerprint density at radius 3 is 3.18 bits per heavy atom. The molecule has 0 fully saturated rings. The average molecular weight is 246 g/mol. The normalized spacial score (nSPS) is 14.6. The molecule has 1 aromatic heterocycles. The highest BCUT2D eigenvalue weighted by Gasteiger charge is 2.11. The van der Waals surface area contributed by atoms with Crippen LogP contribution in [0.2, 0.25) is 0 Å². The number of thioether (sulfide) groups is 1. The first kappa shape index (κ1) is 10.9. The van der Waals surface area contributed by atoms with Crippen LogP contribution < -0.4 is 0 Å². The predicted octanol–water partition coefficient (Wildman–Crippen LogP) is 2.61. The van der Waals surface area contributed by atoms with Gasteiger partial charge in [0.1, 0.15) is 12.4 Å². The van der Waals surface area contributed by atoms with Crippen LogP contribution in [0.4, 0.5) is 0 Å². The lowest BCUT2D eigenvalue weighted by atomic mass is 10.0. The molecule has 0 saturated carbocycles. The fraction of sp³-hybridized carbons (Fsp3) is 0.308.